The molecule has 1 aliphatic rings. The highest BCUT2D eigenvalue weighted by molar-refractivity contribution is 6.58. The molecule has 3 atom stereocenters. The molecule has 0 bridgehead atoms. The van der Waals surface area contributed by atoms with Gasteiger partial charge in [0.1, 0.15) is 0 Å². The maximum atomic E-state index is 11.0. The Balaban J connectivity index is 2.72. The number of carbonyl (C=O) groups excluding carboxylic acids is 1. The van der Waals surface area contributed by atoms with Crippen molar-refractivity contribution in [1.82, 2.24) is 0 Å². The van der Waals surface area contributed by atoms with Crippen LogP contribution in [0, 0.1) is 17.8 Å². The third-order valence-electron chi connectivity index (χ3n) is 2.80. The fourth-order valence-electron chi connectivity index (χ4n) is 1.99. The van der Waals surface area contributed by atoms with Gasteiger partial charge in [0, 0.05) is 5.92 Å². The van der Waals surface area contributed by atoms with Gasteiger partial charge in [-0.2, -0.15) is 0 Å². The molecule has 2 radical (unpaired) electrons. The molecule has 0 heterocycles. The molecule has 0 aromatic carbocycles. The zero-order valence-corrected chi connectivity index (χ0v) is 7.69. The van der Waals surface area contributed by atoms with Crippen LogP contribution in [0.3, 0.4) is 0 Å². The smallest absolute Gasteiger partial charge is 0.307 e. The SMILES string of the molecule is [B]C(=O)C1CC(C)CCC1C(=O)O. The summed E-state index contributed by atoms with van der Waals surface area (Å²) in [5.74, 6) is -1.52. The molecule has 4 heteroatoms. The Morgan fingerprint density at radius 3 is 2.38 bits per heavy atom. The van der Waals surface area contributed by atoms with E-state index >= 15 is 0 Å². The minimum absolute atomic E-state index is 0.410. The lowest BCUT2D eigenvalue weighted by atomic mass is 9.69. The first kappa shape index (κ1) is 10.3. The largest absolute Gasteiger partial charge is 0.481 e. The number of hydrogen-bond donors (Lipinski definition) is 1. The van der Waals surface area contributed by atoms with E-state index in [1.165, 1.54) is 0 Å². The minimum atomic E-state index is -0.893. The van der Waals surface area contributed by atoms with Crippen LogP contribution in [0.15, 0.2) is 0 Å². The van der Waals surface area contributed by atoms with E-state index in [0.29, 0.717) is 18.8 Å². The zero-order chi connectivity index (χ0) is 10.0. The van der Waals surface area contributed by atoms with Crippen molar-refractivity contribution in [1.29, 1.82) is 0 Å². The number of aliphatic carboxylic acids is 1. The van der Waals surface area contributed by atoms with Crippen LogP contribution in [0.5, 0.6) is 0 Å². The monoisotopic (exact) mass is 180 g/mol. The summed E-state index contributed by atoms with van der Waals surface area (Å²) in [6.45, 7) is 2.02. The van der Waals surface area contributed by atoms with Gasteiger partial charge in [-0.05, 0) is 25.2 Å². The van der Waals surface area contributed by atoms with Gasteiger partial charge in [0.2, 0.25) is 0 Å². The Bertz CT molecular complexity index is 227. The predicted octanol–water partition coefficient (Wildman–Crippen LogP) is 0.818. The fraction of sp³-hybridized carbons (Fsp3) is 0.778. The summed E-state index contributed by atoms with van der Waals surface area (Å²) in [6.07, 6.45) is 2.07. The molecule has 0 amide bonds. The molecule has 0 aromatic heterocycles. The molecule has 3 nitrogen and oxygen atoms in total. The number of hydrogen-bond acceptors (Lipinski definition) is 2. The second-order valence-electron chi connectivity index (χ2n) is 3.87. The van der Waals surface area contributed by atoms with E-state index in [1.807, 2.05) is 6.92 Å². The molecule has 0 aliphatic heterocycles. The van der Waals surface area contributed by atoms with Crippen molar-refractivity contribution in [2.24, 2.45) is 17.8 Å². The Hall–Kier alpha value is -0.795. The normalized spacial score (nSPS) is 34.1. The summed E-state index contributed by atoms with van der Waals surface area (Å²) in [7, 11) is 5.16. The highest BCUT2D eigenvalue weighted by Crippen LogP contribution is 2.33. The van der Waals surface area contributed by atoms with E-state index in [4.69, 9.17) is 13.0 Å². The summed E-state index contributed by atoms with van der Waals surface area (Å²) in [6, 6.07) is 0. The van der Waals surface area contributed by atoms with Crippen molar-refractivity contribution >= 4 is 19.5 Å². The number of carboxylic acids is 1. The molecule has 1 saturated carbocycles. The van der Waals surface area contributed by atoms with Crippen LogP contribution in [-0.4, -0.2) is 24.6 Å². The molecular weight excluding hydrogens is 167 g/mol. The quantitative estimate of drug-likeness (QED) is 0.640. The first-order chi connectivity index (χ1) is 6.02. The second kappa shape index (κ2) is 3.94. The minimum Gasteiger partial charge on any atom is -0.481 e. The van der Waals surface area contributed by atoms with Crippen molar-refractivity contribution in [2.75, 3.05) is 0 Å². The third-order valence-corrected chi connectivity index (χ3v) is 2.80. The van der Waals surface area contributed by atoms with E-state index in [2.05, 4.69) is 0 Å². The molecule has 3 unspecified atom stereocenters. The summed E-state index contributed by atoms with van der Waals surface area (Å²) in [4.78, 5) is 21.7. The van der Waals surface area contributed by atoms with Crippen LogP contribution >= 0.6 is 0 Å². The standard InChI is InChI=1S/C9H13BO3/c1-5-2-3-6(9(12)13)7(4-5)8(10)11/h5-7H,2-4H2,1H3,(H,12,13). The number of carbonyl (C=O) groups is 2. The van der Waals surface area contributed by atoms with Gasteiger partial charge in [0.15, 0.2) is 7.85 Å². The van der Waals surface area contributed by atoms with Gasteiger partial charge in [-0.3, -0.25) is 4.79 Å². The Kier molecular flexibility index (Phi) is 3.12. The second-order valence-corrected chi connectivity index (χ2v) is 3.87. The molecule has 70 valence electrons. The van der Waals surface area contributed by atoms with Crippen molar-refractivity contribution in [3.8, 4) is 0 Å². The van der Waals surface area contributed by atoms with E-state index in [1.54, 1.807) is 0 Å². The van der Waals surface area contributed by atoms with Crippen LogP contribution in [0.1, 0.15) is 26.2 Å². The van der Waals surface area contributed by atoms with Crippen molar-refractivity contribution in [3.05, 3.63) is 0 Å². The summed E-state index contributed by atoms with van der Waals surface area (Å²) >= 11 is 0. The van der Waals surface area contributed by atoms with Crippen molar-refractivity contribution in [3.63, 3.8) is 0 Å². The molecule has 1 rings (SSSR count). The highest BCUT2D eigenvalue weighted by Gasteiger charge is 2.35. The molecule has 1 aliphatic carbocycles. The van der Waals surface area contributed by atoms with Crippen LogP contribution in [0.25, 0.3) is 0 Å². The summed E-state index contributed by atoms with van der Waals surface area (Å²) in [5, 5.41) is 8.84. The average Bonchev–Trinajstić information content (AvgIpc) is 2.03. The molecule has 1 N–H and O–H groups in total. The summed E-state index contributed by atoms with van der Waals surface area (Å²) < 4.78 is 0. The topological polar surface area (TPSA) is 54.4 Å². The van der Waals surface area contributed by atoms with Gasteiger partial charge in [-0.15, -0.1) is 0 Å². The molecule has 0 spiro atoms. The third kappa shape index (κ3) is 2.33. The maximum absolute atomic E-state index is 11.0. The number of rotatable bonds is 2. The van der Waals surface area contributed by atoms with E-state index in [0.717, 1.165) is 6.42 Å². The van der Waals surface area contributed by atoms with E-state index in [9.17, 15) is 9.59 Å². The highest BCUT2D eigenvalue weighted by atomic mass is 16.4. The molecule has 0 saturated heterocycles. The first-order valence-electron chi connectivity index (χ1n) is 4.54. The zero-order valence-electron chi connectivity index (χ0n) is 7.69. The van der Waals surface area contributed by atoms with Crippen LogP contribution in [0.4, 0.5) is 0 Å². The lowest BCUT2D eigenvalue weighted by Gasteiger charge is -2.30. The molecule has 0 aromatic rings. The average molecular weight is 180 g/mol. The Morgan fingerprint density at radius 2 is 1.92 bits per heavy atom. The van der Waals surface area contributed by atoms with Gasteiger partial charge in [0.25, 0.3) is 0 Å². The van der Waals surface area contributed by atoms with E-state index in [-0.39, 0.29) is 0 Å². The summed E-state index contributed by atoms with van der Waals surface area (Å²) in [5.41, 5.74) is -0.473. The Morgan fingerprint density at radius 1 is 1.31 bits per heavy atom. The molecular formula is C9H13BO3. The molecule has 1 fully saturated rings. The van der Waals surface area contributed by atoms with Gasteiger partial charge >= 0.3 is 5.97 Å². The lowest BCUT2D eigenvalue weighted by molar-refractivity contribution is -0.147. The lowest BCUT2D eigenvalue weighted by Crippen LogP contribution is -2.35. The molecule has 13 heavy (non-hydrogen) atoms. The predicted molar refractivity (Wildman–Crippen MR) is 48.4 cm³/mol. The van der Waals surface area contributed by atoms with Gasteiger partial charge in [-0.25, -0.2) is 0 Å². The van der Waals surface area contributed by atoms with Crippen LogP contribution < -0.4 is 0 Å². The van der Waals surface area contributed by atoms with Crippen LogP contribution in [-0.2, 0) is 9.59 Å². The Labute approximate surface area is 78.9 Å². The van der Waals surface area contributed by atoms with E-state index < -0.39 is 23.5 Å². The van der Waals surface area contributed by atoms with Crippen molar-refractivity contribution < 1.29 is 14.7 Å². The maximum Gasteiger partial charge on any atom is 0.307 e. The van der Waals surface area contributed by atoms with Crippen LogP contribution in [0.2, 0.25) is 0 Å². The van der Waals surface area contributed by atoms with Gasteiger partial charge < -0.3 is 9.90 Å². The first-order valence-corrected chi connectivity index (χ1v) is 4.54. The number of carboxylic acid groups (broad SMARTS) is 1. The van der Waals surface area contributed by atoms with Gasteiger partial charge in [-0.1, -0.05) is 6.92 Å². The fourth-order valence-corrected chi connectivity index (χ4v) is 1.99. The van der Waals surface area contributed by atoms with Gasteiger partial charge in [0.05, 0.1) is 11.6 Å². The van der Waals surface area contributed by atoms with Crippen molar-refractivity contribution in [2.45, 2.75) is 26.2 Å².